The molecule has 0 unspecified atom stereocenters. The average molecular weight is 432 g/mol. The van der Waals surface area contributed by atoms with Crippen LogP contribution < -0.4 is 4.90 Å². The molecular weight excluding hydrogens is 402 g/mol. The molecule has 1 amide bonds. The molecule has 1 fully saturated rings. The first-order chi connectivity index (χ1) is 15.5. The lowest BCUT2D eigenvalue weighted by Crippen LogP contribution is -2.38. The van der Waals surface area contributed by atoms with Gasteiger partial charge in [0.1, 0.15) is 11.6 Å². The van der Waals surface area contributed by atoms with Gasteiger partial charge in [-0.25, -0.2) is 4.98 Å². The Hall–Kier alpha value is -3.09. The predicted octanol–water partition coefficient (Wildman–Crippen LogP) is 4.48. The monoisotopic (exact) mass is 431 g/mol. The fourth-order valence-corrected chi connectivity index (χ4v) is 5.38. The number of rotatable bonds is 3. The highest BCUT2D eigenvalue weighted by molar-refractivity contribution is 5.76. The third-order valence-electron chi connectivity index (χ3n) is 7.18. The highest BCUT2D eigenvalue weighted by Crippen LogP contribution is 2.44. The molecule has 0 spiro atoms. The summed E-state index contributed by atoms with van der Waals surface area (Å²) in [6.07, 6.45) is 4.58. The van der Waals surface area contributed by atoms with Crippen molar-refractivity contribution in [3.63, 3.8) is 0 Å². The van der Waals surface area contributed by atoms with Crippen LogP contribution in [0.15, 0.2) is 22.7 Å². The van der Waals surface area contributed by atoms with Gasteiger partial charge in [0, 0.05) is 43.7 Å². The smallest absolute Gasteiger partial charge is 0.219 e. The van der Waals surface area contributed by atoms with Crippen LogP contribution in [-0.4, -0.2) is 38.6 Å². The van der Waals surface area contributed by atoms with Gasteiger partial charge in [0.25, 0.3) is 0 Å². The van der Waals surface area contributed by atoms with Gasteiger partial charge in [-0.1, -0.05) is 11.2 Å². The number of aryl methyl sites for hydroxylation is 3. The van der Waals surface area contributed by atoms with Crippen LogP contribution in [0.1, 0.15) is 60.6 Å². The van der Waals surface area contributed by atoms with E-state index in [-0.39, 0.29) is 5.91 Å². The summed E-state index contributed by atoms with van der Waals surface area (Å²) in [6.45, 7) is 8.85. The van der Waals surface area contributed by atoms with Gasteiger partial charge in [-0.15, -0.1) is 0 Å². The third-order valence-corrected chi connectivity index (χ3v) is 7.18. The summed E-state index contributed by atoms with van der Waals surface area (Å²) in [4.78, 5) is 21.7. The SMILES string of the molecule is CC(=O)N1CCn2c(C3CC3)nc(N3CCCc4cc(-c5c(C)noc5C)ccc43)c2C1. The number of hydrogen-bond acceptors (Lipinski definition) is 5. The number of imidazole rings is 1. The standard InChI is InChI=1S/C25H29N5O2/c1-15-23(16(2)32-27-15)20-8-9-21-19(13-20)5-4-10-29(21)25-22-14-28(17(3)31)11-12-30(22)24(26-25)18-6-7-18/h8-9,13,18H,4-7,10-12,14H2,1-3H3. The van der Waals surface area contributed by atoms with E-state index in [0.717, 1.165) is 60.9 Å². The first-order valence-corrected chi connectivity index (χ1v) is 11.7. The summed E-state index contributed by atoms with van der Waals surface area (Å²) in [7, 11) is 0. The minimum Gasteiger partial charge on any atom is -0.361 e. The van der Waals surface area contributed by atoms with Crippen molar-refractivity contribution in [2.24, 2.45) is 0 Å². The van der Waals surface area contributed by atoms with Crippen LogP contribution in [0.2, 0.25) is 0 Å². The molecule has 0 radical (unpaired) electrons. The molecule has 0 N–H and O–H groups in total. The Balaban J connectivity index is 1.43. The van der Waals surface area contributed by atoms with Crippen molar-refractivity contribution in [1.29, 1.82) is 0 Å². The second-order valence-electron chi connectivity index (χ2n) is 9.40. The van der Waals surface area contributed by atoms with Gasteiger partial charge in [0.2, 0.25) is 5.91 Å². The van der Waals surface area contributed by atoms with Crippen molar-refractivity contribution in [3.05, 3.63) is 46.7 Å². The number of hydrogen-bond donors (Lipinski definition) is 0. The lowest BCUT2D eigenvalue weighted by Gasteiger charge is -2.33. The predicted molar refractivity (Wildman–Crippen MR) is 122 cm³/mol. The Morgan fingerprint density at radius 3 is 2.72 bits per heavy atom. The highest BCUT2D eigenvalue weighted by atomic mass is 16.5. The number of carbonyl (C=O) groups is 1. The lowest BCUT2D eigenvalue weighted by atomic mass is 9.95. The van der Waals surface area contributed by atoms with Gasteiger partial charge in [-0.2, -0.15) is 0 Å². The summed E-state index contributed by atoms with van der Waals surface area (Å²) in [5.41, 5.74) is 6.94. The molecule has 32 heavy (non-hydrogen) atoms. The summed E-state index contributed by atoms with van der Waals surface area (Å²) in [6, 6.07) is 6.69. The normalized spacial score (nSPS) is 18.0. The molecule has 0 saturated heterocycles. The van der Waals surface area contributed by atoms with Crippen molar-refractivity contribution >= 4 is 17.4 Å². The summed E-state index contributed by atoms with van der Waals surface area (Å²) in [5, 5.41) is 4.13. The summed E-state index contributed by atoms with van der Waals surface area (Å²) < 4.78 is 7.80. The number of carbonyl (C=O) groups excluding carboxylic acids is 1. The first-order valence-electron chi connectivity index (χ1n) is 11.7. The maximum atomic E-state index is 12.1. The van der Waals surface area contributed by atoms with Crippen molar-refractivity contribution in [1.82, 2.24) is 19.6 Å². The van der Waals surface area contributed by atoms with E-state index < -0.39 is 0 Å². The maximum absolute atomic E-state index is 12.1. The molecular formula is C25H29N5O2. The Morgan fingerprint density at radius 1 is 1.16 bits per heavy atom. The van der Waals surface area contributed by atoms with Gasteiger partial charge < -0.3 is 18.9 Å². The Morgan fingerprint density at radius 2 is 2.00 bits per heavy atom. The Kier molecular flexibility index (Phi) is 4.42. The fraction of sp³-hybridized carbons (Fsp3) is 0.480. The number of nitrogens with zero attached hydrogens (tertiary/aromatic N) is 5. The zero-order valence-corrected chi connectivity index (χ0v) is 19.0. The van der Waals surface area contributed by atoms with E-state index in [1.54, 1.807) is 6.92 Å². The van der Waals surface area contributed by atoms with Crippen LogP contribution >= 0.6 is 0 Å². The van der Waals surface area contributed by atoms with Crippen molar-refractivity contribution in [2.45, 2.75) is 65.5 Å². The van der Waals surface area contributed by atoms with Crippen LogP contribution in [0.5, 0.6) is 0 Å². The highest BCUT2D eigenvalue weighted by Gasteiger charge is 2.36. The Labute approximate surface area is 188 Å². The fourth-order valence-electron chi connectivity index (χ4n) is 5.38. The van der Waals surface area contributed by atoms with Crippen LogP contribution in [-0.2, 0) is 24.3 Å². The third kappa shape index (κ3) is 3.05. The zero-order chi connectivity index (χ0) is 22.0. The molecule has 4 heterocycles. The van der Waals surface area contributed by atoms with Gasteiger partial charge >= 0.3 is 0 Å². The van der Waals surface area contributed by atoms with Crippen LogP contribution in [0.25, 0.3) is 11.1 Å². The largest absolute Gasteiger partial charge is 0.361 e. The molecule has 7 nitrogen and oxygen atoms in total. The molecule has 166 valence electrons. The van der Waals surface area contributed by atoms with E-state index in [1.165, 1.54) is 35.6 Å². The maximum Gasteiger partial charge on any atom is 0.219 e. The van der Waals surface area contributed by atoms with E-state index in [1.807, 2.05) is 18.7 Å². The molecule has 3 aliphatic rings. The van der Waals surface area contributed by atoms with Crippen LogP contribution in [0.4, 0.5) is 11.5 Å². The van der Waals surface area contributed by atoms with E-state index in [4.69, 9.17) is 9.51 Å². The number of fused-ring (bicyclic) bond motifs is 2. The second-order valence-corrected chi connectivity index (χ2v) is 9.40. The van der Waals surface area contributed by atoms with Crippen LogP contribution in [0.3, 0.4) is 0 Å². The minimum absolute atomic E-state index is 0.138. The first kappa shape index (κ1) is 19.6. The molecule has 2 aromatic heterocycles. The molecule has 1 aromatic carbocycles. The number of anilines is 2. The van der Waals surface area contributed by atoms with Gasteiger partial charge in [-0.05, 0) is 62.8 Å². The number of amides is 1. The molecule has 1 saturated carbocycles. The quantitative estimate of drug-likeness (QED) is 0.612. The topological polar surface area (TPSA) is 67.4 Å². The summed E-state index contributed by atoms with van der Waals surface area (Å²) >= 11 is 0. The van der Waals surface area contributed by atoms with Crippen molar-refractivity contribution in [2.75, 3.05) is 18.0 Å². The van der Waals surface area contributed by atoms with E-state index in [2.05, 4.69) is 32.8 Å². The molecule has 0 bridgehead atoms. The second kappa shape index (κ2) is 7.22. The molecule has 1 aliphatic carbocycles. The average Bonchev–Trinajstić information content (AvgIpc) is 3.49. The molecule has 7 heteroatoms. The van der Waals surface area contributed by atoms with E-state index in [9.17, 15) is 4.79 Å². The molecule has 2 aliphatic heterocycles. The molecule has 3 aromatic rings. The minimum atomic E-state index is 0.138. The van der Waals surface area contributed by atoms with E-state index >= 15 is 0 Å². The van der Waals surface area contributed by atoms with Gasteiger partial charge in [-0.3, -0.25) is 4.79 Å². The van der Waals surface area contributed by atoms with Gasteiger partial charge in [0.05, 0.1) is 17.9 Å². The van der Waals surface area contributed by atoms with Crippen molar-refractivity contribution in [3.8, 4) is 11.1 Å². The van der Waals surface area contributed by atoms with Crippen molar-refractivity contribution < 1.29 is 9.32 Å². The molecule has 6 rings (SSSR count). The molecule has 0 atom stereocenters. The lowest BCUT2D eigenvalue weighted by molar-refractivity contribution is -0.130. The number of aromatic nitrogens is 3. The summed E-state index contributed by atoms with van der Waals surface area (Å²) in [5.74, 6) is 3.84. The Bertz CT molecular complexity index is 1200. The van der Waals surface area contributed by atoms with Gasteiger partial charge in [0.15, 0.2) is 5.82 Å². The van der Waals surface area contributed by atoms with Crippen LogP contribution in [0, 0.1) is 13.8 Å². The zero-order valence-electron chi connectivity index (χ0n) is 19.0. The number of benzene rings is 1. The van der Waals surface area contributed by atoms with E-state index in [0.29, 0.717) is 12.5 Å².